The molecule has 0 aliphatic rings. The molecule has 8 heteroatoms. The van der Waals surface area contributed by atoms with Crippen molar-refractivity contribution in [3.63, 3.8) is 0 Å². The first-order valence-electron chi connectivity index (χ1n) is 5.57. The monoisotopic (exact) mass is 313 g/mol. The number of nitrogens with zero attached hydrogens (tertiary/aromatic N) is 2. The van der Waals surface area contributed by atoms with Gasteiger partial charge in [0.05, 0.1) is 11.3 Å². The van der Waals surface area contributed by atoms with E-state index in [9.17, 15) is 13.2 Å². The smallest absolute Gasteiger partial charge is 0.404 e. The number of para-hydroxylation sites is 2. The van der Waals surface area contributed by atoms with Gasteiger partial charge in [-0.05, 0) is 18.2 Å². The number of hydrogen-bond acceptors (Lipinski definition) is 4. The molecule has 0 saturated heterocycles. The second-order valence-corrected chi connectivity index (χ2v) is 4.18. The molecule has 2 rings (SSSR count). The van der Waals surface area contributed by atoms with Crippen molar-refractivity contribution in [2.45, 2.75) is 6.36 Å². The molecule has 0 radical (unpaired) electrons. The Morgan fingerprint density at radius 1 is 1.24 bits per heavy atom. The SMILES string of the molecule is N#Cc1ccnc(Nc2ccccc2OC(F)(F)F)c1Cl. The highest BCUT2D eigenvalue weighted by Gasteiger charge is 2.32. The molecule has 1 heterocycles. The van der Waals surface area contributed by atoms with E-state index in [0.717, 1.165) is 6.07 Å². The van der Waals surface area contributed by atoms with Gasteiger partial charge in [-0.15, -0.1) is 13.2 Å². The number of benzene rings is 1. The fraction of sp³-hybridized carbons (Fsp3) is 0.0769. The number of halogens is 4. The summed E-state index contributed by atoms with van der Waals surface area (Å²) in [4.78, 5) is 3.89. The maximum atomic E-state index is 12.3. The van der Waals surface area contributed by atoms with Crippen LogP contribution in [0.5, 0.6) is 5.75 Å². The van der Waals surface area contributed by atoms with Gasteiger partial charge in [-0.3, -0.25) is 0 Å². The number of anilines is 2. The van der Waals surface area contributed by atoms with E-state index >= 15 is 0 Å². The van der Waals surface area contributed by atoms with Gasteiger partial charge in [0.2, 0.25) is 0 Å². The molecule has 0 saturated carbocycles. The number of rotatable bonds is 3. The number of pyridine rings is 1. The third kappa shape index (κ3) is 3.77. The zero-order valence-corrected chi connectivity index (χ0v) is 11.0. The number of hydrogen-bond donors (Lipinski definition) is 1. The van der Waals surface area contributed by atoms with E-state index < -0.39 is 12.1 Å². The maximum Gasteiger partial charge on any atom is 0.573 e. The highest BCUT2D eigenvalue weighted by atomic mass is 35.5. The topological polar surface area (TPSA) is 57.9 Å². The third-order valence-corrected chi connectivity index (χ3v) is 2.76. The van der Waals surface area contributed by atoms with E-state index in [4.69, 9.17) is 16.9 Å². The minimum absolute atomic E-state index is 0.0156. The Kier molecular flexibility index (Phi) is 4.19. The van der Waals surface area contributed by atoms with Gasteiger partial charge >= 0.3 is 6.36 Å². The Balaban J connectivity index is 2.35. The summed E-state index contributed by atoms with van der Waals surface area (Å²) in [6.07, 6.45) is -3.50. The summed E-state index contributed by atoms with van der Waals surface area (Å²) in [5.41, 5.74) is 0.183. The highest BCUT2D eigenvalue weighted by molar-refractivity contribution is 6.34. The molecule has 0 spiro atoms. The molecule has 0 atom stereocenters. The van der Waals surface area contributed by atoms with Crippen LogP contribution in [-0.4, -0.2) is 11.3 Å². The van der Waals surface area contributed by atoms with Gasteiger partial charge in [-0.1, -0.05) is 23.7 Å². The molecular formula is C13H7ClF3N3O. The van der Waals surface area contributed by atoms with Crippen LogP contribution in [-0.2, 0) is 0 Å². The zero-order chi connectivity index (χ0) is 15.5. The molecule has 0 aliphatic carbocycles. The molecule has 1 aromatic heterocycles. The molecular weight excluding hydrogens is 307 g/mol. The minimum Gasteiger partial charge on any atom is -0.404 e. The fourth-order valence-corrected chi connectivity index (χ4v) is 1.73. The molecule has 0 fully saturated rings. The van der Waals surface area contributed by atoms with Gasteiger partial charge in [0.1, 0.15) is 11.1 Å². The van der Waals surface area contributed by atoms with Crippen LogP contribution in [0, 0.1) is 11.3 Å². The Hall–Kier alpha value is -2.46. The third-order valence-electron chi connectivity index (χ3n) is 2.38. The highest BCUT2D eigenvalue weighted by Crippen LogP contribution is 2.33. The first kappa shape index (κ1) is 14.9. The van der Waals surface area contributed by atoms with Crippen LogP contribution >= 0.6 is 11.6 Å². The summed E-state index contributed by atoms with van der Waals surface area (Å²) in [6, 6.07) is 8.69. The van der Waals surface area contributed by atoms with Crippen LogP contribution < -0.4 is 10.1 Å². The Labute approximate surface area is 122 Å². The lowest BCUT2D eigenvalue weighted by Gasteiger charge is -2.14. The molecule has 21 heavy (non-hydrogen) atoms. The molecule has 0 unspecified atom stereocenters. The van der Waals surface area contributed by atoms with Crippen LogP contribution in [0.25, 0.3) is 0 Å². The van der Waals surface area contributed by atoms with Crippen molar-refractivity contribution in [3.05, 3.63) is 47.1 Å². The van der Waals surface area contributed by atoms with Crippen LogP contribution in [0.2, 0.25) is 5.02 Å². The average molecular weight is 314 g/mol. The molecule has 0 bridgehead atoms. The van der Waals surface area contributed by atoms with Crippen molar-refractivity contribution >= 4 is 23.1 Å². The average Bonchev–Trinajstić information content (AvgIpc) is 2.41. The standard InChI is InChI=1S/C13H7ClF3N3O/c14-11-8(7-18)5-6-19-12(11)20-9-3-1-2-4-10(9)21-13(15,16)17/h1-6H,(H,19,20). The first-order chi connectivity index (χ1) is 9.90. The van der Waals surface area contributed by atoms with Gasteiger partial charge in [-0.2, -0.15) is 5.26 Å². The molecule has 1 N–H and O–H groups in total. The normalized spacial score (nSPS) is 10.8. The summed E-state index contributed by atoms with van der Waals surface area (Å²) in [7, 11) is 0. The lowest BCUT2D eigenvalue weighted by Crippen LogP contribution is -2.17. The number of nitrogens with one attached hydrogen (secondary N) is 1. The second kappa shape index (κ2) is 5.89. The van der Waals surface area contributed by atoms with Gasteiger partial charge < -0.3 is 10.1 Å². The summed E-state index contributed by atoms with van der Waals surface area (Å²) < 4.78 is 40.9. The number of alkyl halides is 3. The van der Waals surface area contributed by atoms with Crippen molar-refractivity contribution in [1.29, 1.82) is 5.26 Å². The lowest BCUT2D eigenvalue weighted by atomic mass is 10.2. The summed E-state index contributed by atoms with van der Waals surface area (Å²) in [5.74, 6) is -0.362. The summed E-state index contributed by atoms with van der Waals surface area (Å²) >= 11 is 5.93. The van der Waals surface area contributed by atoms with E-state index in [1.165, 1.54) is 30.5 Å². The minimum atomic E-state index is -4.82. The molecule has 0 aliphatic heterocycles. The predicted molar refractivity (Wildman–Crippen MR) is 70.4 cm³/mol. The van der Waals surface area contributed by atoms with E-state index in [-0.39, 0.29) is 22.1 Å². The number of nitriles is 1. The fourth-order valence-electron chi connectivity index (χ4n) is 1.53. The molecule has 108 valence electrons. The predicted octanol–water partition coefficient (Wildman–Crippen LogP) is 4.25. The Morgan fingerprint density at radius 3 is 2.62 bits per heavy atom. The van der Waals surface area contributed by atoms with Gasteiger partial charge in [0, 0.05) is 6.20 Å². The van der Waals surface area contributed by atoms with Crippen molar-refractivity contribution in [1.82, 2.24) is 4.98 Å². The maximum absolute atomic E-state index is 12.3. The van der Waals surface area contributed by atoms with Crippen LogP contribution in [0.3, 0.4) is 0 Å². The summed E-state index contributed by atoms with van der Waals surface area (Å²) in [5, 5.41) is 11.5. The van der Waals surface area contributed by atoms with Crippen molar-refractivity contribution in [3.8, 4) is 11.8 Å². The first-order valence-corrected chi connectivity index (χ1v) is 5.95. The van der Waals surface area contributed by atoms with E-state index in [0.29, 0.717) is 0 Å². The second-order valence-electron chi connectivity index (χ2n) is 3.80. The largest absolute Gasteiger partial charge is 0.573 e. The van der Waals surface area contributed by atoms with E-state index in [2.05, 4.69) is 15.0 Å². The summed E-state index contributed by atoms with van der Waals surface area (Å²) in [6.45, 7) is 0. The molecule has 1 aromatic carbocycles. The number of ether oxygens (including phenoxy) is 1. The number of aromatic nitrogens is 1. The van der Waals surface area contributed by atoms with Gasteiger partial charge in [0.15, 0.2) is 11.6 Å². The van der Waals surface area contributed by atoms with Crippen LogP contribution in [0.15, 0.2) is 36.5 Å². The van der Waals surface area contributed by atoms with Gasteiger partial charge in [-0.25, -0.2) is 4.98 Å². The van der Waals surface area contributed by atoms with Crippen LogP contribution in [0.1, 0.15) is 5.56 Å². The van der Waals surface area contributed by atoms with E-state index in [1.54, 1.807) is 0 Å². The van der Waals surface area contributed by atoms with Crippen molar-refractivity contribution < 1.29 is 17.9 Å². The van der Waals surface area contributed by atoms with Crippen LogP contribution in [0.4, 0.5) is 24.7 Å². The van der Waals surface area contributed by atoms with Crippen molar-refractivity contribution in [2.75, 3.05) is 5.32 Å². The Morgan fingerprint density at radius 2 is 1.95 bits per heavy atom. The lowest BCUT2D eigenvalue weighted by molar-refractivity contribution is -0.274. The zero-order valence-electron chi connectivity index (χ0n) is 10.3. The molecule has 2 aromatic rings. The van der Waals surface area contributed by atoms with Crippen molar-refractivity contribution in [2.24, 2.45) is 0 Å². The Bertz CT molecular complexity index is 698. The van der Waals surface area contributed by atoms with E-state index in [1.807, 2.05) is 6.07 Å². The molecule has 4 nitrogen and oxygen atoms in total. The quantitative estimate of drug-likeness (QED) is 0.920. The van der Waals surface area contributed by atoms with Gasteiger partial charge in [0.25, 0.3) is 0 Å². The molecule has 0 amide bonds.